The number of hydrogen-bond donors (Lipinski definition) is 1. The van der Waals surface area contributed by atoms with E-state index in [1.165, 1.54) is 30.2 Å². The van der Waals surface area contributed by atoms with E-state index in [1.807, 2.05) is 13.8 Å². The predicted octanol–water partition coefficient (Wildman–Crippen LogP) is 4.36. The van der Waals surface area contributed by atoms with E-state index in [2.05, 4.69) is 55.0 Å². The minimum atomic E-state index is 0.0845. The van der Waals surface area contributed by atoms with Gasteiger partial charge in [-0.2, -0.15) is 0 Å². The highest BCUT2D eigenvalue weighted by atomic mass is 16.1. The van der Waals surface area contributed by atoms with Gasteiger partial charge in [0.05, 0.1) is 6.54 Å². The lowest BCUT2D eigenvalue weighted by atomic mass is 9.85. The summed E-state index contributed by atoms with van der Waals surface area (Å²) in [7, 11) is 2.18. The van der Waals surface area contributed by atoms with Gasteiger partial charge in [0, 0.05) is 25.3 Å². The van der Waals surface area contributed by atoms with E-state index in [0.717, 1.165) is 25.3 Å². The molecule has 0 saturated heterocycles. The monoisotopic (exact) mass is 330 g/mol. The topological polar surface area (TPSA) is 32.3 Å². The zero-order chi connectivity index (χ0) is 17.9. The van der Waals surface area contributed by atoms with Gasteiger partial charge in [0.2, 0.25) is 0 Å². The Labute approximate surface area is 148 Å². The van der Waals surface area contributed by atoms with Crippen LogP contribution in [-0.2, 0) is 4.79 Å². The molecule has 24 heavy (non-hydrogen) atoms. The molecule has 1 aliphatic rings. The second-order valence-electron chi connectivity index (χ2n) is 6.49. The highest BCUT2D eigenvalue weighted by molar-refractivity contribution is 5.90. The molecule has 1 aromatic carbocycles. The molecule has 1 saturated carbocycles. The molecule has 0 aliphatic heterocycles. The summed E-state index contributed by atoms with van der Waals surface area (Å²) >= 11 is 0. The van der Waals surface area contributed by atoms with Gasteiger partial charge >= 0.3 is 0 Å². The second kappa shape index (κ2) is 11.0. The summed E-state index contributed by atoms with van der Waals surface area (Å²) in [6.45, 7) is 11.2. The van der Waals surface area contributed by atoms with Gasteiger partial charge in [0.15, 0.2) is 5.78 Å². The molecule has 2 rings (SSSR count). The molecule has 1 fully saturated rings. The number of anilines is 1. The molecule has 0 amide bonds. The maximum absolute atomic E-state index is 11.3. The van der Waals surface area contributed by atoms with Crippen molar-refractivity contribution in [1.82, 2.24) is 5.32 Å². The van der Waals surface area contributed by atoms with Crippen molar-refractivity contribution in [2.24, 2.45) is 5.92 Å². The first-order chi connectivity index (χ1) is 11.6. The first-order valence-electron chi connectivity index (χ1n) is 9.25. The van der Waals surface area contributed by atoms with Gasteiger partial charge in [-0.3, -0.25) is 4.79 Å². The third kappa shape index (κ3) is 6.88. The fourth-order valence-corrected chi connectivity index (χ4v) is 3.16. The zero-order valence-corrected chi connectivity index (χ0v) is 15.8. The van der Waals surface area contributed by atoms with Gasteiger partial charge in [-0.05, 0) is 56.7 Å². The molecule has 0 aromatic heterocycles. The lowest BCUT2D eigenvalue weighted by Crippen LogP contribution is -2.38. The normalized spacial score (nSPS) is 19.8. The first-order valence-corrected chi connectivity index (χ1v) is 9.25. The molecule has 0 radical (unpaired) electrons. The van der Waals surface area contributed by atoms with Crippen LogP contribution in [0.4, 0.5) is 5.69 Å². The summed E-state index contributed by atoms with van der Waals surface area (Å²) in [6, 6.07) is 9.23. The summed E-state index contributed by atoms with van der Waals surface area (Å²) in [5.41, 5.74) is 2.60. The fourth-order valence-electron chi connectivity index (χ4n) is 3.16. The van der Waals surface area contributed by atoms with Crippen LogP contribution in [-0.4, -0.2) is 32.0 Å². The third-order valence-electron chi connectivity index (χ3n) is 4.65. The lowest BCUT2D eigenvalue weighted by Gasteiger charge is -2.32. The Morgan fingerprint density at radius 3 is 2.33 bits per heavy atom. The van der Waals surface area contributed by atoms with Crippen molar-refractivity contribution in [2.75, 3.05) is 25.0 Å². The quantitative estimate of drug-likeness (QED) is 0.754. The molecule has 0 bridgehead atoms. The first kappa shape index (κ1) is 20.4. The van der Waals surface area contributed by atoms with E-state index in [1.54, 1.807) is 0 Å². The summed E-state index contributed by atoms with van der Waals surface area (Å²) in [5, 5.41) is 3.35. The molecule has 3 heteroatoms. The molecular weight excluding hydrogens is 296 g/mol. The number of carbonyl (C=O) groups excluding carboxylic acids is 1. The Hall–Kier alpha value is -1.61. The minimum absolute atomic E-state index is 0.0845. The van der Waals surface area contributed by atoms with Crippen molar-refractivity contribution < 1.29 is 4.79 Å². The summed E-state index contributed by atoms with van der Waals surface area (Å²) in [6.07, 6.45) is 6.19. The fraction of sp³-hybridized carbons (Fsp3) is 0.571. The van der Waals surface area contributed by atoms with Crippen molar-refractivity contribution in [2.45, 2.75) is 52.5 Å². The highest BCUT2D eigenvalue weighted by Crippen LogP contribution is 2.26. The van der Waals surface area contributed by atoms with Crippen LogP contribution in [0, 0.1) is 12.8 Å². The van der Waals surface area contributed by atoms with E-state index in [4.69, 9.17) is 0 Å². The van der Waals surface area contributed by atoms with Gasteiger partial charge in [-0.15, -0.1) is 0 Å². The SMILES string of the molecule is C=CC(=O)CNC1CCC(CN(C)c2ccc(C)cc2)CC1.CC. The maximum Gasteiger partial charge on any atom is 0.168 e. The molecule has 134 valence electrons. The van der Waals surface area contributed by atoms with Crippen molar-refractivity contribution in [3.8, 4) is 0 Å². The van der Waals surface area contributed by atoms with Gasteiger partial charge in [-0.1, -0.05) is 38.1 Å². The molecule has 3 nitrogen and oxygen atoms in total. The molecule has 0 spiro atoms. The number of benzene rings is 1. The summed E-state index contributed by atoms with van der Waals surface area (Å²) in [4.78, 5) is 13.6. The molecule has 0 heterocycles. The van der Waals surface area contributed by atoms with Crippen molar-refractivity contribution >= 4 is 11.5 Å². The average Bonchev–Trinajstić information content (AvgIpc) is 2.63. The molecule has 1 N–H and O–H groups in total. The Kier molecular flexibility index (Phi) is 9.39. The number of rotatable bonds is 7. The average molecular weight is 331 g/mol. The number of ketones is 1. The summed E-state index contributed by atoms with van der Waals surface area (Å²) in [5.74, 6) is 0.834. The molecule has 1 aromatic rings. The van der Waals surface area contributed by atoms with Crippen LogP contribution in [0.15, 0.2) is 36.9 Å². The van der Waals surface area contributed by atoms with Crippen LogP contribution in [0.25, 0.3) is 0 Å². The Bertz CT molecular complexity index is 487. The third-order valence-corrected chi connectivity index (χ3v) is 4.65. The van der Waals surface area contributed by atoms with Crippen molar-refractivity contribution in [1.29, 1.82) is 0 Å². The molecular formula is C21H34N2O. The van der Waals surface area contributed by atoms with Gasteiger partial charge in [0.1, 0.15) is 0 Å². The maximum atomic E-state index is 11.3. The van der Waals surface area contributed by atoms with E-state index in [-0.39, 0.29) is 5.78 Å². The van der Waals surface area contributed by atoms with E-state index in [0.29, 0.717) is 12.6 Å². The molecule has 0 atom stereocenters. The number of nitrogens with zero attached hydrogens (tertiary/aromatic N) is 1. The Balaban J connectivity index is 0.00000139. The van der Waals surface area contributed by atoms with Crippen LogP contribution in [0.3, 0.4) is 0 Å². The molecule has 0 unspecified atom stereocenters. The van der Waals surface area contributed by atoms with Gasteiger partial charge in [0.25, 0.3) is 0 Å². The highest BCUT2D eigenvalue weighted by Gasteiger charge is 2.22. The smallest absolute Gasteiger partial charge is 0.168 e. The second-order valence-corrected chi connectivity index (χ2v) is 6.49. The van der Waals surface area contributed by atoms with E-state index in [9.17, 15) is 4.79 Å². The van der Waals surface area contributed by atoms with Gasteiger partial charge in [-0.25, -0.2) is 0 Å². The largest absolute Gasteiger partial charge is 0.374 e. The standard InChI is InChI=1S/C19H28N2O.C2H6/c1-4-19(22)13-20-17-9-7-16(8-10-17)14-21(3)18-11-5-15(2)6-12-18;1-2/h4-6,11-12,16-17,20H,1,7-10,13-14H2,2-3H3;1-2H3. The lowest BCUT2D eigenvalue weighted by molar-refractivity contribution is -0.114. The number of nitrogens with one attached hydrogen (secondary N) is 1. The molecule has 1 aliphatic carbocycles. The van der Waals surface area contributed by atoms with Gasteiger partial charge < -0.3 is 10.2 Å². The predicted molar refractivity (Wildman–Crippen MR) is 105 cm³/mol. The Morgan fingerprint density at radius 1 is 1.21 bits per heavy atom. The van der Waals surface area contributed by atoms with E-state index < -0.39 is 0 Å². The van der Waals surface area contributed by atoms with Crippen LogP contribution in [0.1, 0.15) is 45.1 Å². The minimum Gasteiger partial charge on any atom is -0.374 e. The number of carbonyl (C=O) groups is 1. The van der Waals surface area contributed by atoms with Crippen LogP contribution >= 0.6 is 0 Å². The van der Waals surface area contributed by atoms with Crippen LogP contribution in [0.5, 0.6) is 0 Å². The number of aryl methyl sites for hydroxylation is 1. The zero-order valence-electron chi connectivity index (χ0n) is 15.8. The van der Waals surface area contributed by atoms with Crippen molar-refractivity contribution in [3.63, 3.8) is 0 Å². The van der Waals surface area contributed by atoms with Crippen molar-refractivity contribution in [3.05, 3.63) is 42.5 Å². The van der Waals surface area contributed by atoms with Crippen LogP contribution < -0.4 is 10.2 Å². The van der Waals surface area contributed by atoms with Crippen LogP contribution in [0.2, 0.25) is 0 Å². The van der Waals surface area contributed by atoms with E-state index >= 15 is 0 Å². The summed E-state index contributed by atoms with van der Waals surface area (Å²) < 4.78 is 0. The number of hydrogen-bond acceptors (Lipinski definition) is 3. The Morgan fingerprint density at radius 2 is 1.79 bits per heavy atom.